The molecule has 0 aliphatic carbocycles. The lowest BCUT2D eigenvalue weighted by Crippen LogP contribution is -2.29. The molecule has 2 atom stereocenters. The number of esters is 2. The van der Waals surface area contributed by atoms with E-state index in [0.29, 0.717) is 25.7 Å². The molecule has 0 fully saturated rings. The second-order valence-electron chi connectivity index (χ2n) is 12.1. The third-order valence-electron chi connectivity index (χ3n) is 7.01. The molecule has 0 spiro atoms. The first kappa shape index (κ1) is 45.5. The Bertz CT molecular complexity index is 1040. The third kappa shape index (κ3) is 34.8. The van der Waals surface area contributed by atoms with E-state index in [1.54, 1.807) is 6.08 Å². The van der Waals surface area contributed by atoms with E-state index in [9.17, 15) is 19.3 Å². The fourth-order valence-corrected chi connectivity index (χ4v) is 4.73. The quantitative estimate of drug-likeness (QED) is 0.0221. The Morgan fingerprint density at radius 3 is 1.98 bits per heavy atom. The van der Waals surface area contributed by atoms with Crippen molar-refractivity contribution in [3.63, 3.8) is 0 Å². The predicted molar refractivity (Wildman–Crippen MR) is 194 cm³/mol. The van der Waals surface area contributed by atoms with Crippen molar-refractivity contribution in [1.82, 2.24) is 0 Å². The number of unbranched alkanes of at least 4 members (excludes halogenated alkanes) is 6. The molecular formula is C38H63O9P. The van der Waals surface area contributed by atoms with Gasteiger partial charge < -0.3 is 24.4 Å². The highest BCUT2D eigenvalue weighted by molar-refractivity contribution is 7.46. The molecule has 0 amide bonds. The van der Waals surface area contributed by atoms with E-state index in [1.807, 2.05) is 48.6 Å². The van der Waals surface area contributed by atoms with Gasteiger partial charge in [0, 0.05) is 12.8 Å². The molecule has 1 unspecified atom stereocenters. The van der Waals surface area contributed by atoms with Gasteiger partial charge in [0.2, 0.25) is 0 Å². The summed E-state index contributed by atoms with van der Waals surface area (Å²) in [5.74, 6) is -0.286. The second-order valence-corrected chi connectivity index (χ2v) is 13.4. The van der Waals surface area contributed by atoms with Crippen LogP contribution in [-0.2, 0) is 28.2 Å². The van der Waals surface area contributed by atoms with Crippen molar-refractivity contribution in [3.8, 4) is 0 Å². The molecule has 0 saturated carbocycles. The van der Waals surface area contributed by atoms with Gasteiger partial charge in [0.15, 0.2) is 6.10 Å². The minimum Gasteiger partial charge on any atom is -0.462 e. The van der Waals surface area contributed by atoms with Crippen LogP contribution >= 0.6 is 7.82 Å². The Labute approximate surface area is 290 Å². The maximum absolute atomic E-state index is 12.3. The SMILES string of the molecule is CC/C=C\C/C=C\CC(O)/C=C/C=C\C/C=C\C/C=C\CCC(=O)OC[C@H](COP(=O)(O)O)OC(=O)CCCCCCCCCC(C)C. The monoisotopic (exact) mass is 694 g/mol. The summed E-state index contributed by atoms with van der Waals surface area (Å²) in [6.45, 7) is 5.65. The van der Waals surface area contributed by atoms with Crippen molar-refractivity contribution < 1.29 is 43.0 Å². The van der Waals surface area contributed by atoms with Gasteiger partial charge >= 0.3 is 19.8 Å². The van der Waals surface area contributed by atoms with Gasteiger partial charge in [-0.15, -0.1) is 0 Å². The van der Waals surface area contributed by atoms with E-state index < -0.39 is 38.6 Å². The third-order valence-corrected chi connectivity index (χ3v) is 7.50. The standard InChI is InChI=1S/C38H63O9P/c1-4-5-6-7-18-23-28-35(39)29-24-19-14-10-8-9-11-15-20-25-30-37(40)45-32-36(33-46-48(42,43)44)47-38(41)31-26-21-16-12-13-17-22-27-34(2)3/h5-6,8-9,14-15,18-20,23-24,29,34-36,39H,4,7,10-13,16-17,21-22,25-28,30-33H2,1-3H3,(H2,42,43,44)/b6-5-,9-8-,19-14-,20-15-,23-18-,29-24+/t35?,36-/m1/s1. The van der Waals surface area contributed by atoms with Gasteiger partial charge in [-0.1, -0.05) is 139 Å². The van der Waals surface area contributed by atoms with Gasteiger partial charge in [-0.25, -0.2) is 4.57 Å². The summed E-state index contributed by atoms with van der Waals surface area (Å²) < 4.78 is 26.1. The number of carbonyl (C=O) groups is 2. The molecule has 0 radical (unpaired) electrons. The fourth-order valence-electron chi connectivity index (χ4n) is 4.37. The predicted octanol–water partition coefficient (Wildman–Crippen LogP) is 9.17. The van der Waals surface area contributed by atoms with E-state index in [-0.39, 0.29) is 19.4 Å². The minimum absolute atomic E-state index is 0.115. The Hall–Kier alpha value is -2.55. The van der Waals surface area contributed by atoms with Crippen LogP contribution in [0.15, 0.2) is 72.9 Å². The molecule has 9 nitrogen and oxygen atoms in total. The molecule has 3 N–H and O–H groups in total. The minimum atomic E-state index is -4.78. The average molecular weight is 695 g/mol. The van der Waals surface area contributed by atoms with Gasteiger partial charge in [0.05, 0.1) is 12.7 Å². The smallest absolute Gasteiger partial charge is 0.462 e. The summed E-state index contributed by atoms with van der Waals surface area (Å²) in [5, 5.41) is 9.95. The molecule has 274 valence electrons. The van der Waals surface area contributed by atoms with Crippen LogP contribution in [0, 0.1) is 5.92 Å². The maximum Gasteiger partial charge on any atom is 0.469 e. The first-order chi connectivity index (χ1) is 23.0. The van der Waals surface area contributed by atoms with Crippen molar-refractivity contribution in [1.29, 1.82) is 0 Å². The summed E-state index contributed by atoms with van der Waals surface area (Å²) in [7, 11) is -4.78. The molecule has 0 aromatic rings. The van der Waals surface area contributed by atoms with E-state index in [1.165, 1.54) is 25.7 Å². The molecule has 0 aromatic heterocycles. The number of rotatable bonds is 30. The van der Waals surface area contributed by atoms with E-state index in [0.717, 1.165) is 44.4 Å². The summed E-state index contributed by atoms with van der Waals surface area (Å²) in [5.41, 5.74) is 0. The highest BCUT2D eigenvalue weighted by Gasteiger charge is 2.22. The fraction of sp³-hybridized carbons (Fsp3) is 0.632. The van der Waals surface area contributed by atoms with Crippen LogP contribution in [0.25, 0.3) is 0 Å². The highest BCUT2D eigenvalue weighted by atomic mass is 31.2. The van der Waals surface area contributed by atoms with Crippen molar-refractivity contribution in [2.75, 3.05) is 13.2 Å². The molecule has 0 aliphatic rings. The van der Waals surface area contributed by atoms with Crippen LogP contribution < -0.4 is 0 Å². The van der Waals surface area contributed by atoms with Crippen LogP contribution in [0.3, 0.4) is 0 Å². The number of aliphatic hydroxyl groups is 1. The van der Waals surface area contributed by atoms with Crippen molar-refractivity contribution >= 4 is 19.8 Å². The Balaban J connectivity index is 4.21. The van der Waals surface area contributed by atoms with Crippen LogP contribution in [-0.4, -0.2) is 52.3 Å². The van der Waals surface area contributed by atoms with Gasteiger partial charge in [0.1, 0.15) is 6.61 Å². The number of hydrogen-bond acceptors (Lipinski definition) is 7. The highest BCUT2D eigenvalue weighted by Crippen LogP contribution is 2.35. The second kappa shape index (κ2) is 31.7. The number of hydrogen-bond donors (Lipinski definition) is 3. The van der Waals surface area contributed by atoms with E-state index in [4.69, 9.17) is 19.3 Å². The normalized spacial score (nSPS) is 14.1. The Kier molecular flexibility index (Phi) is 30.0. The number of phosphoric ester groups is 1. The largest absolute Gasteiger partial charge is 0.469 e. The van der Waals surface area contributed by atoms with Gasteiger partial charge in [-0.2, -0.15) is 0 Å². The molecule has 0 aliphatic heterocycles. The van der Waals surface area contributed by atoms with Gasteiger partial charge in [-0.05, 0) is 50.9 Å². The topological polar surface area (TPSA) is 140 Å². The van der Waals surface area contributed by atoms with Crippen molar-refractivity contribution in [2.24, 2.45) is 5.92 Å². The van der Waals surface area contributed by atoms with Crippen molar-refractivity contribution in [2.45, 2.75) is 136 Å². The number of ether oxygens (including phenoxy) is 2. The molecule has 0 bridgehead atoms. The molecule has 48 heavy (non-hydrogen) atoms. The molecule has 0 rings (SSSR count). The summed E-state index contributed by atoms with van der Waals surface area (Å²) in [6, 6.07) is 0. The molecule has 0 heterocycles. The summed E-state index contributed by atoms with van der Waals surface area (Å²) >= 11 is 0. The molecule has 10 heteroatoms. The van der Waals surface area contributed by atoms with E-state index >= 15 is 0 Å². The maximum atomic E-state index is 12.3. The van der Waals surface area contributed by atoms with Gasteiger partial charge in [-0.3, -0.25) is 14.1 Å². The van der Waals surface area contributed by atoms with Crippen molar-refractivity contribution in [3.05, 3.63) is 72.9 Å². The lowest BCUT2D eigenvalue weighted by Gasteiger charge is -2.18. The molecule has 0 saturated heterocycles. The number of phosphoric acid groups is 1. The Morgan fingerprint density at radius 1 is 0.708 bits per heavy atom. The summed E-state index contributed by atoms with van der Waals surface area (Å²) in [4.78, 5) is 42.5. The number of carbonyl (C=O) groups excluding carboxylic acids is 2. The first-order valence-corrected chi connectivity index (χ1v) is 19.2. The average Bonchev–Trinajstić information content (AvgIpc) is 3.03. The summed E-state index contributed by atoms with van der Waals surface area (Å²) in [6.07, 6.45) is 35.5. The zero-order chi connectivity index (χ0) is 35.7. The lowest BCUT2D eigenvalue weighted by atomic mass is 10.0. The number of aliphatic hydroxyl groups excluding tert-OH is 1. The van der Waals surface area contributed by atoms with Gasteiger partial charge in [0.25, 0.3) is 0 Å². The van der Waals surface area contributed by atoms with Crippen LogP contribution in [0.5, 0.6) is 0 Å². The van der Waals surface area contributed by atoms with Crippen LogP contribution in [0.4, 0.5) is 0 Å². The van der Waals surface area contributed by atoms with E-state index in [2.05, 4.69) is 43.5 Å². The molecular weight excluding hydrogens is 631 g/mol. The Morgan fingerprint density at radius 2 is 1.31 bits per heavy atom. The first-order valence-electron chi connectivity index (χ1n) is 17.7. The number of allylic oxidation sites excluding steroid dienone is 10. The van der Waals surface area contributed by atoms with Crippen LogP contribution in [0.2, 0.25) is 0 Å². The molecule has 0 aromatic carbocycles. The zero-order valence-electron chi connectivity index (χ0n) is 29.6. The van der Waals surface area contributed by atoms with Crippen LogP contribution in [0.1, 0.15) is 124 Å². The zero-order valence-corrected chi connectivity index (χ0v) is 30.5. The lowest BCUT2D eigenvalue weighted by molar-refractivity contribution is -0.161.